The molecule has 0 aromatic carbocycles. The molecule has 3 rings (SSSR count). The molecule has 8 nitrogen and oxygen atoms in total. The predicted molar refractivity (Wildman–Crippen MR) is 64.3 cm³/mol. The Balaban J connectivity index is 1.70. The molecule has 98 valence electrons. The van der Waals surface area contributed by atoms with Crippen molar-refractivity contribution in [2.45, 2.75) is 18.9 Å². The normalized spacial score (nSPS) is 18.4. The molecule has 0 aliphatic carbocycles. The summed E-state index contributed by atoms with van der Waals surface area (Å²) in [5.74, 6) is 0.143. The van der Waals surface area contributed by atoms with E-state index in [4.69, 9.17) is 4.52 Å². The Morgan fingerprint density at radius 3 is 3.00 bits per heavy atom. The molecule has 19 heavy (non-hydrogen) atoms. The molecule has 2 aromatic rings. The van der Waals surface area contributed by atoms with Crippen molar-refractivity contribution in [3.63, 3.8) is 0 Å². The summed E-state index contributed by atoms with van der Waals surface area (Å²) in [5, 5.41) is 9.38. The molecular formula is C11H12N6O2. The third-order valence-electron chi connectivity index (χ3n) is 2.79. The first-order valence-corrected chi connectivity index (χ1v) is 5.98. The van der Waals surface area contributed by atoms with Gasteiger partial charge in [0, 0.05) is 12.4 Å². The molecule has 2 aromatic heterocycles. The van der Waals surface area contributed by atoms with E-state index < -0.39 is 5.91 Å². The van der Waals surface area contributed by atoms with Crippen molar-refractivity contribution in [3.05, 3.63) is 30.2 Å². The molecule has 1 amide bonds. The van der Waals surface area contributed by atoms with Crippen molar-refractivity contribution >= 4 is 11.9 Å². The Labute approximate surface area is 108 Å². The molecule has 0 bridgehead atoms. The monoisotopic (exact) mass is 260 g/mol. The molecule has 0 saturated carbocycles. The average molecular weight is 260 g/mol. The maximum Gasteiger partial charge on any atom is 0.299 e. The lowest BCUT2D eigenvalue weighted by molar-refractivity contribution is 0.101. The molecule has 1 aliphatic heterocycles. The fraction of sp³-hybridized carbons (Fsp3) is 0.364. The minimum absolute atomic E-state index is 0.0175. The van der Waals surface area contributed by atoms with E-state index in [1.807, 2.05) is 0 Å². The van der Waals surface area contributed by atoms with Crippen LogP contribution in [0.3, 0.4) is 0 Å². The summed E-state index contributed by atoms with van der Waals surface area (Å²) in [5.41, 5.74) is 0. The van der Waals surface area contributed by atoms with Gasteiger partial charge in [-0.05, 0) is 25.5 Å². The van der Waals surface area contributed by atoms with Gasteiger partial charge in [-0.3, -0.25) is 10.1 Å². The lowest BCUT2D eigenvalue weighted by Gasteiger charge is -2.01. The van der Waals surface area contributed by atoms with Crippen LogP contribution >= 0.6 is 0 Å². The molecule has 3 heterocycles. The lowest BCUT2D eigenvalue weighted by atomic mass is 10.2. The second-order valence-corrected chi connectivity index (χ2v) is 4.13. The van der Waals surface area contributed by atoms with Crippen molar-refractivity contribution < 1.29 is 9.32 Å². The Bertz CT molecular complexity index is 564. The third kappa shape index (κ3) is 2.58. The summed E-state index contributed by atoms with van der Waals surface area (Å²) in [6.45, 7) is 0.923. The van der Waals surface area contributed by atoms with Gasteiger partial charge in [-0.25, -0.2) is 9.97 Å². The topological polar surface area (TPSA) is 106 Å². The standard InChI is InChI=1S/C11H12N6O2/c18-9(16-11-13-5-2-6-14-11)8-15-10(19-17-8)7-3-1-4-12-7/h2,5-7,12H,1,3-4H2,(H,13,14,16,18). The quantitative estimate of drug-likeness (QED) is 0.829. The number of aromatic nitrogens is 4. The van der Waals surface area contributed by atoms with Crippen LogP contribution in [-0.2, 0) is 0 Å². The maximum atomic E-state index is 11.8. The van der Waals surface area contributed by atoms with Crippen LogP contribution in [0, 0.1) is 0 Å². The number of nitrogens with zero attached hydrogens (tertiary/aromatic N) is 4. The zero-order valence-electron chi connectivity index (χ0n) is 10.0. The number of rotatable bonds is 3. The fourth-order valence-corrected chi connectivity index (χ4v) is 1.89. The molecule has 0 spiro atoms. The minimum Gasteiger partial charge on any atom is -0.337 e. The smallest absolute Gasteiger partial charge is 0.299 e. The molecule has 1 atom stereocenters. The summed E-state index contributed by atoms with van der Waals surface area (Å²) in [6, 6.07) is 1.70. The Hall–Kier alpha value is -2.35. The molecule has 8 heteroatoms. The molecule has 1 aliphatic rings. The fourth-order valence-electron chi connectivity index (χ4n) is 1.89. The average Bonchev–Trinajstić information content (AvgIpc) is 3.11. The highest BCUT2D eigenvalue weighted by atomic mass is 16.5. The van der Waals surface area contributed by atoms with E-state index >= 15 is 0 Å². The number of hydrogen-bond donors (Lipinski definition) is 2. The predicted octanol–water partition coefficient (Wildman–Crippen LogP) is 0.536. The van der Waals surface area contributed by atoms with Gasteiger partial charge in [0.2, 0.25) is 11.8 Å². The summed E-state index contributed by atoms with van der Waals surface area (Å²) >= 11 is 0. The van der Waals surface area contributed by atoms with Crippen LogP contribution in [0.4, 0.5) is 5.95 Å². The van der Waals surface area contributed by atoms with E-state index in [-0.39, 0.29) is 17.8 Å². The maximum absolute atomic E-state index is 11.8. The molecule has 0 radical (unpaired) electrons. The molecular weight excluding hydrogens is 248 g/mol. The van der Waals surface area contributed by atoms with Crippen molar-refractivity contribution in [1.82, 2.24) is 25.4 Å². The zero-order valence-corrected chi connectivity index (χ0v) is 10.0. The number of nitrogens with one attached hydrogen (secondary N) is 2. The Kier molecular flexibility index (Phi) is 3.15. The van der Waals surface area contributed by atoms with E-state index in [2.05, 4.69) is 30.7 Å². The number of carbonyl (C=O) groups excluding carboxylic acids is 1. The van der Waals surface area contributed by atoms with E-state index in [0.717, 1.165) is 19.4 Å². The summed E-state index contributed by atoms with van der Waals surface area (Å²) in [7, 11) is 0. The third-order valence-corrected chi connectivity index (χ3v) is 2.79. The molecule has 1 saturated heterocycles. The van der Waals surface area contributed by atoms with Crippen molar-refractivity contribution in [2.75, 3.05) is 11.9 Å². The first kappa shape index (κ1) is 11.7. The minimum atomic E-state index is -0.487. The van der Waals surface area contributed by atoms with Crippen molar-refractivity contribution in [1.29, 1.82) is 0 Å². The van der Waals surface area contributed by atoms with E-state index in [1.165, 1.54) is 12.4 Å². The number of amides is 1. The lowest BCUT2D eigenvalue weighted by Crippen LogP contribution is -2.16. The Morgan fingerprint density at radius 2 is 2.26 bits per heavy atom. The number of hydrogen-bond acceptors (Lipinski definition) is 7. The molecule has 1 fully saturated rings. The first-order valence-electron chi connectivity index (χ1n) is 5.98. The summed E-state index contributed by atoms with van der Waals surface area (Å²) in [4.78, 5) is 23.7. The summed E-state index contributed by atoms with van der Waals surface area (Å²) in [6.07, 6.45) is 5.07. The van der Waals surface area contributed by atoms with Gasteiger partial charge in [0.1, 0.15) is 0 Å². The van der Waals surface area contributed by atoms with Crippen LogP contribution in [0.5, 0.6) is 0 Å². The highest BCUT2D eigenvalue weighted by molar-refractivity contribution is 6.00. The van der Waals surface area contributed by atoms with Crippen LogP contribution in [0.25, 0.3) is 0 Å². The second kappa shape index (κ2) is 5.11. The Morgan fingerprint density at radius 1 is 1.42 bits per heavy atom. The van der Waals surface area contributed by atoms with Gasteiger partial charge in [0.15, 0.2) is 0 Å². The van der Waals surface area contributed by atoms with E-state index in [9.17, 15) is 4.79 Å². The van der Waals surface area contributed by atoms with Crippen LogP contribution in [0.1, 0.15) is 35.4 Å². The number of anilines is 1. The van der Waals surface area contributed by atoms with E-state index in [1.54, 1.807) is 6.07 Å². The van der Waals surface area contributed by atoms with Gasteiger partial charge in [-0.1, -0.05) is 5.16 Å². The van der Waals surface area contributed by atoms with Crippen LogP contribution in [0.15, 0.2) is 23.0 Å². The van der Waals surface area contributed by atoms with Gasteiger partial charge in [0.05, 0.1) is 6.04 Å². The van der Waals surface area contributed by atoms with Gasteiger partial charge in [-0.15, -0.1) is 0 Å². The summed E-state index contributed by atoms with van der Waals surface area (Å²) < 4.78 is 5.08. The van der Waals surface area contributed by atoms with Crippen LogP contribution in [0.2, 0.25) is 0 Å². The molecule has 1 unspecified atom stereocenters. The SMILES string of the molecule is O=C(Nc1ncccn1)c1noc(C2CCCN2)n1. The van der Waals surface area contributed by atoms with Gasteiger partial charge in [0.25, 0.3) is 11.7 Å². The van der Waals surface area contributed by atoms with Gasteiger partial charge < -0.3 is 9.84 Å². The highest BCUT2D eigenvalue weighted by Crippen LogP contribution is 2.21. The van der Waals surface area contributed by atoms with Crippen molar-refractivity contribution in [3.8, 4) is 0 Å². The van der Waals surface area contributed by atoms with Crippen LogP contribution in [-0.4, -0.2) is 32.6 Å². The van der Waals surface area contributed by atoms with Gasteiger partial charge in [-0.2, -0.15) is 4.98 Å². The zero-order chi connectivity index (χ0) is 13.1. The van der Waals surface area contributed by atoms with Crippen LogP contribution < -0.4 is 10.6 Å². The largest absolute Gasteiger partial charge is 0.337 e. The highest BCUT2D eigenvalue weighted by Gasteiger charge is 2.24. The molecule has 2 N–H and O–H groups in total. The first-order chi connectivity index (χ1) is 9.33. The van der Waals surface area contributed by atoms with Gasteiger partial charge >= 0.3 is 0 Å². The van der Waals surface area contributed by atoms with Crippen molar-refractivity contribution in [2.24, 2.45) is 0 Å². The number of carbonyl (C=O) groups is 1. The second-order valence-electron chi connectivity index (χ2n) is 4.13. The van der Waals surface area contributed by atoms with E-state index in [0.29, 0.717) is 5.89 Å².